The van der Waals surface area contributed by atoms with Crippen molar-refractivity contribution in [2.75, 3.05) is 32.6 Å². The Morgan fingerprint density at radius 3 is 2.88 bits per heavy atom. The predicted octanol–water partition coefficient (Wildman–Crippen LogP) is 3.42. The number of rotatable bonds is 5. The molecular formula is C17H19ClN2O3S. The van der Waals surface area contributed by atoms with Gasteiger partial charge in [0.25, 0.3) is 0 Å². The highest BCUT2D eigenvalue weighted by molar-refractivity contribution is 7.10. The summed E-state index contributed by atoms with van der Waals surface area (Å²) in [6, 6.07) is 5.44. The molecule has 0 spiro atoms. The first-order chi connectivity index (χ1) is 11.6. The van der Waals surface area contributed by atoms with Crippen molar-refractivity contribution in [2.45, 2.75) is 13.0 Å². The van der Waals surface area contributed by atoms with Crippen molar-refractivity contribution in [3.63, 3.8) is 0 Å². The van der Waals surface area contributed by atoms with Crippen molar-refractivity contribution in [1.82, 2.24) is 4.90 Å². The second kappa shape index (κ2) is 7.42. The highest BCUT2D eigenvalue weighted by Crippen LogP contribution is 2.35. The quantitative estimate of drug-likeness (QED) is 0.881. The Balaban J connectivity index is 1.66. The Bertz CT molecular complexity index is 747. The molecular weight excluding hydrogens is 348 g/mol. The molecule has 128 valence electrons. The van der Waals surface area contributed by atoms with Crippen LogP contribution in [0.3, 0.4) is 0 Å². The van der Waals surface area contributed by atoms with Crippen molar-refractivity contribution >= 4 is 34.5 Å². The largest absolute Gasteiger partial charge is 0.495 e. The number of fused-ring (bicyclic) bond motifs is 1. The summed E-state index contributed by atoms with van der Waals surface area (Å²) in [5, 5.41) is 5.41. The predicted molar refractivity (Wildman–Crippen MR) is 96.5 cm³/mol. The maximum Gasteiger partial charge on any atom is 0.238 e. The third kappa shape index (κ3) is 3.66. The Morgan fingerprint density at radius 1 is 1.33 bits per heavy atom. The molecule has 0 radical (unpaired) electrons. The van der Waals surface area contributed by atoms with Gasteiger partial charge in [-0.05, 0) is 29.5 Å². The average molecular weight is 367 g/mol. The molecule has 24 heavy (non-hydrogen) atoms. The molecule has 1 aromatic carbocycles. The Labute approximate surface area is 150 Å². The first kappa shape index (κ1) is 17.1. The minimum absolute atomic E-state index is 0.0896. The van der Waals surface area contributed by atoms with Crippen molar-refractivity contribution in [3.05, 3.63) is 39.0 Å². The summed E-state index contributed by atoms with van der Waals surface area (Å²) < 4.78 is 10.5. The van der Waals surface area contributed by atoms with Crippen LogP contribution < -0.4 is 14.8 Å². The van der Waals surface area contributed by atoms with Crippen molar-refractivity contribution in [2.24, 2.45) is 0 Å². The van der Waals surface area contributed by atoms with Gasteiger partial charge in [0.2, 0.25) is 5.91 Å². The molecule has 0 saturated carbocycles. The minimum Gasteiger partial charge on any atom is -0.495 e. The van der Waals surface area contributed by atoms with Gasteiger partial charge in [-0.25, -0.2) is 0 Å². The number of hydrogen-bond acceptors (Lipinski definition) is 5. The number of methoxy groups -OCH3 is 2. The molecule has 1 aliphatic rings. The molecule has 1 aliphatic heterocycles. The molecule has 0 bridgehead atoms. The average Bonchev–Trinajstić information content (AvgIpc) is 3.02. The number of hydrogen-bond donors (Lipinski definition) is 1. The fraction of sp³-hybridized carbons (Fsp3) is 0.353. The van der Waals surface area contributed by atoms with Crippen LogP contribution in [-0.4, -0.2) is 38.1 Å². The van der Waals surface area contributed by atoms with Gasteiger partial charge in [-0.2, -0.15) is 0 Å². The normalized spacial score (nSPS) is 14.1. The van der Waals surface area contributed by atoms with E-state index in [0.29, 0.717) is 28.8 Å². The van der Waals surface area contributed by atoms with E-state index in [0.717, 1.165) is 19.5 Å². The van der Waals surface area contributed by atoms with E-state index in [9.17, 15) is 4.79 Å². The summed E-state index contributed by atoms with van der Waals surface area (Å²) in [4.78, 5) is 16.0. The van der Waals surface area contributed by atoms with E-state index in [1.807, 2.05) is 0 Å². The number of benzene rings is 1. The number of carbonyl (C=O) groups excluding carboxylic acids is 1. The van der Waals surface area contributed by atoms with Gasteiger partial charge < -0.3 is 14.8 Å². The SMILES string of the molecule is COc1cc(OC)c(NC(=O)CN2CCc3sccc3C2)cc1Cl. The van der Waals surface area contributed by atoms with Gasteiger partial charge in [0.15, 0.2) is 0 Å². The van der Waals surface area contributed by atoms with Gasteiger partial charge in [0.1, 0.15) is 11.5 Å². The lowest BCUT2D eigenvalue weighted by Gasteiger charge is -2.26. The molecule has 7 heteroatoms. The number of thiophene rings is 1. The third-order valence-electron chi connectivity index (χ3n) is 4.00. The molecule has 1 aromatic heterocycles. The zero-order chi connectivity index (χ0) is 17.1. The van der Waals surface area contributed by atoms with Crippen molar-refractivity contribution in [3.8, 4) is 11.5 Å². The summed E-state index contributed by atoms with van der Waals surface area (Å²) in [7, 11) is 3.08. The zero-order valence-corrected chi connectivity index (χ0v) is 15.2. The molecule has 5 nitrogen and oxygen atoms in total. The fourth-order valence-corrected chi connectivity index (χ4v) is 3.92. The minimum atomic E-state index is -0.0896. The van der Waals surface area contributed by atoms with E-state index in [1.54, 1.807) is 30.6 Å². The highest BCUT2D eigenvalue weighted by atomic mass is 35.5. The maximum atomic E-state index is 12.4. The first-order valence-corrected chi connectivity index (χ1v) is 8.85. The molecule has 0 aliphatic carbocycles. The summed E-state index contributed by atoms with van der Waals surface area (Å²) in [6.45, 7) is 2.04. The number of ether oxygens (including phenoxy) is 2. The Hall–Kier alpha value is -1.76. The van der Waals surface area contributed by atoms with Crippen LogP contribution in [0.4, 0.5) is 5.69 Å². The molecule has 0 atom stereocenters. The van der Waals surface area contributed by atoms with Crippen molar-refractivity contribution < 1.29 is 14.3 Å². The van der Waals surface area contributed by atoms with Crippen LogP contribution in [0.2, 0.25) is 5.02 Å². The molecule has 0 fully saturated rings. The van der Waals surface area contributed by atoms with Crippen LogP contribution >= 0.6 is 22.9 Å². The maximum absolute atomic E-state index is 12.4. The molecule has 0 unspecified atom stereocenters. The summed E-state index contributed by atoms with van der Waals surface area (Å²) in [5.41, 5.74) is 1.87. The van der Waals surface area contributed by atoms with E-state index >= 15 is 0 Å². The lowest BCUT2D eigenvalue weighted by atomic mass is 10.1. The van der Waals surface area contributed by atoms with Gasteiger partial charge in [-0.15, -0.1) is 11.3 Å². The smallest absolute Gasteiger partial charge is 0.238 e. The molecule has 0 saturated heterocycles. The topological polar surface area (TPSA) is 50.8 Å². The Morgan fingerprint density at radius 2 is 2.12 bits per heavy atom. The number of amides is 1. The fourth-order valence-electron chi connectivity index (χ4n) is 2.79. The summed E-state index contributed by atoms with van der Waals surface area (Å²) >= 11 is 7.93. The molecule has 1 amide bonds. The van der Waals surface area contributed by atoms with Crippen LogP contribution in [0.5, 0.6) is 11.5 Å². The molecule has 1 N–H and O–H groups in total. The summed E-state index contributed by atoms with van der Waals surface area (Å²) in [6.07, 6.45) is 0.998. The first-order valence-electron chi connectivity index (χ1n) is 7.59. The van der Waals surface area contributed by atoms with Crippen LogP contribution in [-0.2, 0) is 17.8 Å². The number of carbonyl (C=O) groups is 1. The van der Waals surface area contributed by atoms with E-state index in [4.69, 9.17) is 21.1 Å². The molecule has 3 rings (SSSR count). The number of halogens is 1. The third-order valence-corrected chi connectivity index (χ3v) is 5.32. The van der Waals surface area contributed by atoms with E-state index in [1.165, 1.54) is 17.6 Å². The van der Waals surface area contributed by atoms with Gasteiger partial charge >= 0.3 is 0 Å². The molecule has 2 aromatic rings. The monoisotopic (exact) mass is 366 g/mol. The number of anilines is 1. The second-order valence-corrected chi connectivity index (χ2v) is 6.97. The lowest BCUT2D eigenvalue weighted by molar-refractivity contribution is -0.117. The standard InChI is InChI=1S/C17H19ClN2O3S/c1-22-14-8-15(23-2)13(7-12(14)18)19-17(21)10-20-5-3-16-11(9-20)4-6-24-16/h4,6-8H,3,5,9-10H2,1-2H3,(H,19,21). The molecule has 2 heterocycles. The van der Waals surface area contributed by atoms with E-state index in [2.05, 4.69) is 21.7 Å². The summed E-state index contributed by atoms with van der Waals surface area (Å²) in [5.74, 6) is 0.934. The van der Waals surface area contributed by atoms with Gasteiger partial charge in [0, 0.05) is 24.0 Å². The Kier molecular flexibility index (Phi) is 5.28. The van der Waals surface area contributed by atoms with Gasteiger partial charge in [-0.3, -0.25) is 9.69 Å². The van der Waals surface area contributed by atoms with Crippen molar-refractivity contribution in [1.29, 1.82) is 0 Å². The van der Waals surface area contributed by atoms with Crippen LogP contribution in [0.25, 0.3) is 0 Å². The van der Waals surface area contributed by atoms with Crippen LogP contribution in [0, 0.1) is 0 Å². The van der Waals surface area contributed by atoms with Crippen LogP contribution in [0.1, 0.15) is 10.4 Å². The van der Waals surface area contributed by atoms with Gasteiger partial charge in [0.05, 0.1) is 31.5 Å². The zero-order valence-electron chi connectivity index (χ0n) is 13.6. The van der Waals surface area contributed by atoms with Gasteiger partial charge in [-0.1, -0.05) is 11.6 Å². The highest BCUT2D eigenvalue weighted by Gasteiger charge is 2.20. The van der Waals surface area contributed by atoms with Crippen LogP contribution in [0.15, 0.2) is 23.6 Å². The lowest BCUT2D eigenvalue weighted by Crippen LogP contribution is -2.36. The number of nitrogens with one attached hydrogen (secondary N) is 1. The van der Waals surface area contributed by atoms with E-state index < -0.39 is 0 Å². The number of nitrogens with zero attached hydrogens (tertiary/aromatic N) is 1. The van der Waals surface area contributed by atoms with E-state index in [-0.39, 0.29) is 5.91 Å². The second-order valence-electron chi connectivity index (χ2n) is 5.56.